The van der Waals surface area contributed by atoms with Gasteiger partial charge in [-0.1, -0.05) is 51.7 Å². The van der Waals surface area contributed by atoms with Gasteiger partial charge in [-0.2, -0.15) is 0 Å². The Morgan fingerprint density at radius 2 is 1.63 bits per heavy atom. The van der Waals surface area contributed by atoms with E-state index in [0.717, 1.165) is 31.2 Å². The van der Waals surface area contributed by atoms with Crippen LogP contribution in [0.3, 0.4) is 0 Å². The van der Waals surface area contributed by atoms with E-state index in [1.165, 1.54) is 6.42 Å². The maximum atomic E-state index is 13.2. The number of nitrogens with zero attached hydrogens (tertiary/aromatic N) is 1. The summed E-state index contributed by atoms with van der Waals surface area (Å²) >= 11 is 0. The van der Waals surface area contributed by atoms with Crippen LogP contribution >= 0.6 is 0 Å². The molecule has 0 saturated carbocycles. The van der Waals surface area contributed by atoms with Crippen molar-refractivity contribution in [2.45, 2.75) is 65.0 Å². The van der Waals surface area contributed by atoms with Crippen LogP contribution in [0.5, 0.6) is 17.2 Å². The lowest BCUT2D eigenvalue weighted by Gasteiger charge is -2.24. The van der Waals surface area contributed by atoms with Gasteiger partial charge in [0.1, 0.15) is 17.2 Å². The summed E-state index contributed by atoms with van der Waals surface area (Å²) in [4.78, 5) is 26.2. The van der Waals surface area contributed by atoms with Gasteiger partial charge in [-0.3, -0.25) is 0 Å². The quantitative estimate of drug-likeness (QED) is 0.302. The van der Waals surface area contributed by atoms with E-state index in [9.17, 15) is 14.7 Å². The van der Waals surface area contributed by atoms with Crippen molar-refractivity contribution >= 4 is 17.7 Å². The van der Waals surface area contributed by atoms with Crippen LogP contribution in [0, 0.1) is 0 Å². The maximum absolute atomic E-state index is 13.2. The van der Waals surface area contributed by atoms with E-state index in [-0.39, 0.29) is 6.03 Å². The fourth-order valence-corrected chi connectivity index (χ4v) is 3.62. The third-order valence-corrected chi connectivity index (χ3v) is 5.69. The van der Waals surface area contributed by atoms with E-state index in [4.69, 9.17) is 14.2 Å². The number of benzene rings is 2. The molecule has 2 amide bonds. The first kappa shape index (κ1) is 27.8. The van der Waals surface area contributed by atoms with E-state index >= 15 is 0 Å². The number of aliphatic carboxylic acids is 1. The number of ether oxygens (including phenoxy) is 3. The van der Waals surface area contributed by atoms with Gasteiger partial charge in [0.15, 0.2) is 6.10 Å². The molecule has 0 bridgehead atoms. The summed E-state index contributed by atoms with van der Waals surface area (Å²) in [5.41, 5.74) is 1.49. The molecule has 2 N–H and O–H groups in total. The van der Waals surface area contributed by atoms with Gasteiger partial charge in [-0.15, -0.1) is 0 Å². The number of rotatable bonds is 15. The summed E-state index contributed by atoms with van der Waals surface area (Å²) in [6.07, 6.45) is 4.95. The van der Waals surface area contributed by atoms with Crippen molar-refractivity contribution in [2.75, 3.05) is 26.1 Å². The molecule has 0 heterocycles. The van der Waals surface area contributed by atoms with Crippen LogP contribution in [-0.4, -0.2) is 48.9 Å². The molecule has 0 aliphatic heterocycles. The summed E-state index contributed by atoms with van der Waals surface area (Å²) in [6.45, 7) is 4.97. The Morgan fingerprint density at radius 3 is 2.23 bits per heavy atom. The minimum atomic E-state index is -0.989. The first-order chi connectivity index (χ1) is 16.9. The highest BCUT2D eigenvalue weighted by Gasteiger charge is 2.18. The van der Waals surface area contributed by atoms with Crippen LogP contribution in [0.25, 0.3) is 0 Å². The van der Waals surface area contributed by atoms with E-state index in [0.29, 0.717) is 42.4 Å². The van der Waals surface area contributed by atoms with Crippen molar-refractivity contribution in [1.82, 2.24) is 4.90 Å². The largest absolute Gasteiger partial charge is 0.497 e. The minimum Gasteiger partial charge on any atom is -0.497 e. The second-order valence-electron chi connectivity index (χ2n) is 8.33. The molecule has 35 heavy (non-hydrogen) atoms. The van der Waals surface area contributed by atoms with Crippen molar-refractivity contribution in [3.05, 3.63) is 48.0 Å². The fourth-order valence-electron chi connectivity index (χ4n) is 3.62. The maximum Gasteiger partial charge on any atom is 0.344 e. The van der Waals surface area contributed by atoms with Gasteiger partial charge in [-0.05, 0) is 42.7 Å². The summed E-state index contributed by atoms with van der Waals surface area (Å²) in [6, 6.07) is 12.2. The number of methoxy groups -OCH3 is 2. The fraction of sp³-hybridized carbons (Fsp3) is 0.481. The van der Waals surface area contributed by atoms with Crippen molar-refractivity contribution in [3.8, 4) is 17.2 Å². The number of anilines is 1. The number of carboxylic acid groups (broad SMARTS) is 1. The molecule has 2 rings (SSSR count). The number of hydrogen-bond acceptors (Lipinski definition) is 5. The Bertz CT molecular complexity index is 932. The summed E-state index contributed by atoms with van der Waals surface area (Å²) < 4.78 is 16.2. The van der Waals surface area contributed by atoms with Crippen molar-refractivity contribution in [2.24, 2.45) is 0 Å². The van der Waals surface area contributed by atoms with Gasteiger partial charge < -0.3 is 29.5 Å². The number of amides is 2. The van der Waals surface area contributed by atoms with E-state index in [2.05, 4.69) is 12.2 Å². The van der Waals surface area contributed by atoms with E-state index < -0.39 is 12.1 Å². The van der Waals surface area contributed by atoms with Crippen LogP contribution < -0.4 is 19.5 Å². The Labute approximate surface area is 208 Å². The van der Waals surface area contributed by atoms with Gasteiger partial charge >= 0.3 is 12.0 Å². The molecule has 8 nitrogen and oxygen atoms in total. The second-order valence-corrected chi connectivity index (χ2v) is 8.33. The standard InChI is InChI=1S/C27H38N2O6/c1-5-7-8-9-10-17-29(27(32)28-23-16-15-22(33-3)18-25(23)34-4)19-20-11-13-21(14-12-20)35-24(6-2)26(30)31/h11-16,18,24H,5-10,17,19H2,1-4H3,(H,28,32)(H,30,31). The Kier molecular flexibility index (Phi) is 11.7. The first-order valence-corrected chi connectivity index (χ1v) is 12.2. The zero-order valence-electron chi connectivity index (χ0n) is 21.2. The average Bonchev–Trinajstić information content (AvgIpc) is 2.87. The highest BCUT2D eigenvalue weighted by atomic mass is 16.5. The molecule has 0 aliphatic rings. The summed E-state index contributed by atoms with van der Waals surface area (Å²) in [5, 5.41) is 12.2. The summed E-state index contributed by atoms with van der Waals surface area (Å²) in [5.74, 6) is 0.659. The molecule has 8 heteroatoms. The van der Waals surface area contributed by atoms with Crippen LogP contribution in [0.1, 0.15) is 57.9 Å². The number of unbranched alkanes of at least 4 members (excludes halogenated alkanes) is 4. The Balaban J connectivity index is 2.11. The van der Waals surface area contributed by atoms with Crippen molar-refractivity contribution in [1.29, 1.82) is 0 Å². The zero-order chi connectivity index (χ0) is 25.6. The first-order valence-electron chi connectivity index (χ1n) is 12.2. The number of carbonyl (C=O) groups excluding carboxylic acids is 1. The minimum absolute atomic E-state index is 0.221. The lowest BCUT2D eigenvalue weighted by Crippen LogP contribution is -2.35. The predicted octanol–water partition coefficient (Wildman–Crippen LogP) is 5.95. The molecule has 192 valence electrons. The van der Waals surface area contributed by atoms with Gasteiger partial charge in [-0.25, -0.2) is 9.59 Å². The molecule has 0 fully saturated rings. The third-order valence-electron chi connectivity index (χ3n) is 5.69. The lowest BCUT2D eigenvalue weighted by atomic mass is 10.1. The Morgan fingerprint density at radius 1 is 0.943 bits per heavy atom. The monoisotopic (exact) mass is 486 g/mol. The molecule has 0 saturated heterocycles. The van der Waals surface area contributed by atoms with Crippen LogP contribution in [-0.2, 0) is 11.3 Å². The molecule has 1 unspecified atom stereocenters. The number of carbonyl (C=O) groups is 2. The van der Waals surface area contributed by atoms with Gasteiger partial charge in [0, 0.05) is 19.2 Å². The van der Waals surface area contributed by atoms with Crippen molar-refractivity contribution in [3.63, 3.8) is 0 Å². The molecule has 1 atom stereocenters. The van der Waals surface area contributed by atoms with Crippen LogP contribution in [0.4, 0.5) is 10.5 Å². The molecule has 2 aromatic rings. The SMILES string of the molecule is CCCCCCCN(Cc1ccc(OC(CC)C(=O)O)cc1)C(=O)Nc1ccc(OC)cc1OC. The Hall–Kier alpha value is -3.42. The molecule has 2 aromatic carbocycles. The number of carboxylic acids is 1. The molecule has 0 spiro atoms. The third kappa shape index (κ3) is 9.03. The van der Waals surface area contributed by atoms with E-state index in [1.54, 1.807) is 56.4 Å². The predicted molar refractivity (Wildman–Crippen MR) is 137 cm³/mol. The molecule has 0 aromatic heterocycles. The highest BCUT2D eigenvalue weighted by Crippen LogP contribution is 2.29. The lowest BCUT2D eigenvalue weighted by molar-refractivity contribution is -0.145. The number of urea groups is 1. The van der Waals surface area contributed by atoms with E-state index in [1.807, 2.05) is 12.1 Å². The van der Waals surface area contributed by atoms with Crippen molar-refractivity contribution < 1.29 is 28.9 Å². The molecular weight excluding hydrogens is 448 g/mol. The summed E-state index contributed by atoms with van der Waals surface area (Å²) in [7, 11) is 3.13. The number of hydrogen-bond donors (Lipinski definition) is 2. The normalized spacial score (nSPS) is 11.4. The zero-order valence-corrected chi connectivity index (χ0v) is 21.2. The van der Waals surface area contributed by atoms with Gasteiger partial charge in [0.2, 0.25) is 0 Å². The average molecular weight is 487 g/mol. The highest BCUT2D eigenvalue weighted by molar-refractivity contribution is 5.91. The second kappa shape index (κ2) is 14.8. The topological polar surface area (TPSA) is 97.3 Å². The molecule has 0 radical (unpaired) electrons. The van der Waals surface area contributed by atoms with Gasteiger partial charge in [0.25, 0.3) is 0 Å². The van der Waals surface area contributed by atoms with Gasteiger partial charge in [0.05, 0.1) is 19.9 Å². The smallest absolute Gasteiger partial charge is 0.344 e. The van der Waals surface area contributed by atoms with Crippen LogP contribution in [0.15, 0.2) is 42.5 Å². The van der Waals surface area contributed by atoms with Crippen LogP contribution in [0.2, 0.25) is 0 Å². The number of nitrogens with one attached hydrogen (secondary N) is 1. The molecular formula is C27H38N2O6. The molecule has 0 aliphatic carbocycles.